The lowest BCUT2D eigenvalue weighted by atomic mass is 9.96. The van der Waals surface area contributed by atoms with Gasteiger partial charge in [-0.15, -0.1) is 11.3 Å². The maximum atomic E-state index is 12.5. The molecular formula is C22H23N5O2S. The molecule has 0 atom stereocenters. The van der Waals surface area contributed by atoms with E-state index >= 15 is 0 Å². The van der Waals surface area contributed by atoms with E-state index in [2.05, 4.69) is 21.4 Å². The van der Waals surface area contributed by atoms with Gasteiger partial charge < -0.3 is 10.3 Å². The number of hydrogen-bond donors (Lipinski definition) is 2. The number of hydrogen-bond acceptors (Lipinski definition) is 6. The molecule has 0 fully saturated rings. The number of aromatic amines is 1. The molecule has 2 heterocycles. The highest BCUT2D eigenvalue weighted by Crippen LogP contribution is 2.37. The summed E-state index contributed by atoms with van der Waals surface area (Å²) in [7, 11) is 1.88. The highest BCUT2D eigenvalue weighted by atomic mass is 32.1. The van der Waals surface area contributed by atoms with Gasteiger partial charge in [0.05, 0.1) is 23.0 Å². The van der Waals surface area contributed by atoms with Crippen LogP contribution in [0.4, 0.5) is 5.00 Å². The minimum Gasteiger partial charge on any atom is -0.317 e. The molecule has 3 aromatic rings. The van der Waals surface area contributed by atoms with E-state index in [1.807, 2.05) is 30.1 Å². The van der Waals surface area contributed by atoms with Crippen molar-refractivity contribution < 1.29 is 4.79 Å². The Hall–Kier alpha value is -3.02. The number of fused-ring (bicyclic) bond motifs is 2. The van der Waals surface area contributed by atoms with Crippen LogP contribution in [0.1, 0.15) is 41.1 Å². The molecule has 7 nitrogen and oxygen atoms in total. The molecule has 154 valence electrons. The number of thiophene rings is 1. The van der Waals surface area contributed by atoms with Gasteiger partial charge in [0, 0.05) is 17.8 Å². The van der Waals surface area contributed by atoms with E-state index in [9.17, 15) is 14.9 Å². The van der Waals surface area contributed by atoms with Gasteiger partial charge in [0.2, 0.25) is 5.91 Å². The fourth-order valence-corrected chi connectivity index (χ4v) is 5.05. The van der Waals surface area contributed by atoms with E-state index in [-0.39, 0.29) is 11.5 Å². The molecule has 0 bridgehead atoms. The molecule has 4 rings (SSSR count). The minimum atomic E-state index is -0.160. The number of rotatable bonds is 6. The number of nitriles is 1. The van der Waals surface area contributed by atoms with E-state index in [4.69, 9.17) is 0 Å². The number of aryl methyl sites for hydroxylation is 1. The molecule has 1 aromatic carbocycles. The molecule has 1 amide bonds. The first-order valence-corrected chi connectivity index (χ1v) is 10.9. The second-order valence-electron chi connectivity index (χ2n) is 7.59. The summed E-state index contributed by atoms with van der Waals surface area (Å²) in [4.78, 5) is 35.1. The van der Waals surface area contributed by atoms with Gasteiger partial charge >= 0.3 is 0 Å². The van der Waals surface area contributed by atoms with Gasteiger partial charge in [0.25, 0.3) is 5.56 Å². The van der Waals surface area contributed by atoms with Crippen molar-refractivity contribution in [2.45, 2.75) is 38.6 Å². The summed E-state index contributed by atoms with van der Waals surface area (Å²) in [6, 6.07) is 9.49. The number of amides is 1. The van der Waals surface area contributed by atoms with Crippen molar-refractivity contribution in [3.8, 4) is 6.07 Å². The Morgan fingerprint density at radius 1 is 1.33 bits per heavy atom. The maximum Gasteiger partial charge on any atom is 0.258 e. The summed E-state index contributed by atoms with van der Waals surface area (Å²) in [6.07, 6.45) is 4.44. The molecule has 0 aliphatic heterocycles. The smallest absolute Gasteiger partial charge is 0.258 e. The van der Waals surface area contributed by atoms with Crippen LogP contribution >= 0.6 is 11.3 Å². The van der Waals surface area contributed by atoms with Gasteiger partial charge in [-0.25, -0.2) is 4.98 Å². The second kappa shape index (κ2) is 8.78. The molecule has 0 saturated heterocycles. The van der Waals surface area contributed by atoms with Crippen LogP contribution in [0.2, 0.25) is 0 Å². The van der Waals surface area contributed by atoms with Gasteiger partial charge in [-0.05, 0) is 50.4 Å². The Kier molecular flexibility index (Phi) is 5.93. The molecule has 2 N–H and O–H groups in total. The van der Waals surface area contributed by atoms with Gasteiger partial charge in [0.15, 0.2) is 0 Å². The number of para-hydroxylation sites is 1. The van der Waals surface area contributed by atoms with Crippen molar-refractivity contribution in [3.05, 3.63) is 56.4 Å². The molecule has 8 heteroatoms. The molecule has 0 radical (unpaired) electrons. The van der Waals surface area contributed by atoms with Crippen LogP contribution in [-0.2, 0) is 24.2 Å². The third-order valence-corrected chi connectivity index (χ3v) is 6.55. The van der Waals surface area contributed by atoms with Crippen LogP contribution in [0.25, 0.3) is 10.9 Å². The first kappa shape index (κ1) is 20.3. The van der Waals surface area contributed by atoms with Gasteiger partial charge in [-0.1, -0.05) is 12.1 Å². The molecule has 2 aromatic heterocycles. The fraction of sp³-hybridized carbons (Fsp3) is 0.364. The second-order valence-corrected chi connectivity index (χ2v) is 8.70. The van der Waals surface area contributed by atoms with Gasteiger partial charge in [-0.2, -0.15) is 5.26 Å². The Balaban J connectivity index is 1.36. The lowest BCUT2D eigenvalue weighted by Gasteiger charge is -2.15. The zero-order valence-corrected chi connectivity index (χ0v) is 17.6. The fourth-order valence-electron chi connectivity index (χ4n) is 3.80. The van der Waals surface area contributed by atoms with Crippen LogP contribution in [-0.4, -0.2) is 34.4 Å². The summed E-state index contributed by atoms with van der Waals surface area (Å²) >= 11 is 1.54. The zero-order valence-electron chi connectivity index (χ0n) is 16.8. The van der Waals surface area contributed by atoms with Crippen molar-refractivity contribution in [2.75, 3.05) is 18.9 Å². The first-order chi connectivity index (χ1) is 14.5. The summed E-state index contributed by atoms with van der Waals surface area (Å²) < 4.78 is 0. The lowest BCUT2D eigenvalue weighted by Crippen LogP contribution is -2.26. The summed E-state index contributed by atoms with van der Waals surface area (Å²) in [5, 5.41) is 13.7. The Morgan fingerprint density at radius 3 is 2.97 bits per heavy atom. The standard InChI is InChI=1S/C22H23N5O2S/c1-27(13-19-24-17-8-4-2-7-15(17)21(29)25-19)11-10-20(28)26-22-16(12-23)14-6-3-5-9-18(14)30-22/h2,4,7-8H,3,5-6,9-11,13H2,1H3,(H,26,28)(H,24,25,29). The molecule has 1 aliphatic rings. The molecular weight excluding hydrogens is 398 g/mol. The van der Waals surface area contributed by atoms with E-state index in [0.717, 1.165) is 31.2 Å². The number of H-pyrrole nitrogens is 1. The number of anilines is 1. The normalized spacial score (nSPS) is 13.2. The summed E-state index contributed by atoms with van der Waals surface area (Å²) in [5.41, 5.74) is 2.25. The Bertz CT molecular complexity index is 1190. The SMILES string of the molecule is CN(CCC(=O)Nc1sc2c(c1C#N)CCCC2)Cc1nc2ccccc2c(=O)[nH]1. The monoisotopic (exact) mass is 421 g/mol. The average Bonchev–Trinajstić information content (AvgIpc) is 3.09. The van der Waals surface area contributed by atoms with E-state index in [1.165, 1.54) is 16.2 Å². The highest BCUT2D eigenvalue weighted by Gasteiger charge is 2.21. The minimum absolute atomic E-state index is 0.114. The largest absolute Gasteiger partial charge is 0.317 e. The third-order valence-electron chi connectivity index (χ3n) is 5.34. The lowest BCUT2D eigenvalue weighted by molar-refractivity contribution is -0.116. The first-order valence-electron chi connectivity index (χ1n) is 10.1. The number of aromatic nitrogens is 2. The van der Waals surface area contributed by atoms with Crippen molar-refractivity contribution in [1.82, 2.24) is 14.9 Å². The van der Waals surface area contributed by atoms with Crippen LogP contribution in [0.3, 0.4) is 0 Å². The Morgan fingerprint density at radius 2 is 2.13 bits per heavy atom. The third kappa shape index (κ3) is 4.27. The summed E-state index contributed by atoms with van der Waals surface area (Å²) in [6.45, 7) is 0.944. The van der Waals surface area contributed by atoms with Crippen molar-refractivity contribution in [1.29, 1.82) is 5.26 Å². The van der Waals surface area contributed by atoms with E-state index in [1.54, 1.807) is 6.07 Å². The number of carbonyl (C=O) groups is 1. The highest BCUT2D eigenvalue weighted by molar-refractivity contribution is 7.16. The van der Waals surface area contributed by atoms with E-state index in [0.29, 0.717) is 46.8 Å². The van der Waals surface area contributed by atoms with Gasteiger partial charge in [0.1, 0.15) is 16.9 Å². The quantitative estimate of drug-likeness (QED) is 0.636. The zero-order chi connectivity index (χ0) is 21.1. The predicted octanol–water partition coefficient (Wildman–Crippen LogP) is 3.20. The van der Waals surface area contributed by atoms with Crippen LogP contribution in [0.5, 0.6) is 0 Å². The molecule has 30 heavy (non-hydrogen) atoms. The average molecular weight is 422 g/mol. The van der Waals surface area contributed by atoms with Crippen LogP contribution in [0, 0.1) is 11.3 Å². The summed E-state index contributed by atoms with van der Waals surface area (Å²) in [5.74, 6) is 0.455. The molecule has 0 spiro atoms. The van der Waals surface area contributed by atoms with Crippen LogP contribution in [0.15, 0.2) is 29.1 Å². The van der Waals surface area contributed by atoms with Crippen molar-refractivity contribution in [2.24, 2.45) is 0 Å². The number of carbonyl (C=O) groups excluding carboxylic acids is 1. The predicted molar refractivity (Wildman–Crippen MR) is 118 cm³/mol. The topological polar surface area (TPSA) is 102 Å². The van der Waals surface area contributed by atoms with Crippen LogP contribution < -0.4 is 10.9 Å². The molecule has 0 saturated carbocycles. The Labute approximate surface area is 178 Å². The molecule has 0 unspecified atom stereocenters. The van der Waals surface area contributed by atoms with Crippen molar-refractivity contribution >= 4 is 33.1 Å². The van der Waals surface area contributed by atoms with E-state index < -0.39 is 0 Å². The number of nitrogens with zero attached hydrogens (tertiary/aromatic N) is 3. The number of nitrogens with one attached hydrogen (secondary N) is 2. The van der Waals surface area contributed by atoms with Crippen molar-refractivity contribution in [3.63, 3.8) is 0 Å². The number of benzene rings is 1. The van der Waals surface area contributed by atoms with Gasteiger partial charge in [-0.3, -0.25) is 14.5 Å². The maximum absolute atomic E-state index is 12.5. The molecule has 1 aliphatic carbocycles.